The Kier molecular flexibility index (Phi) is 3.80. The van der Waals surface area contributed by atoms with Gasteiger partial charge < -0.3 is 9.84 Å². The lowest BCUT2D eigenvalue weighted by molar-refractivity contribution is 0.134. The predicted octanol–water partition coefficient (Wildman–Crippen LogP) is 2.18. The molecule has 0 spiro atoms. The van der Waals surface area contributed by atoms with Crippen LogP contribution in [0.4, 0.5) is 0 Å². The van der Waals surface area contributed by atoms with Crippen molar-refractivity contribution in [3.8, 4) is 5.75 Å². The molecule has 1 N–H and O–H groups in total. The van der Waals surface area contributed by atoms with Gasteiger partial charge in [0.2, 0.25) is 0 Å². The van der Waals surface area contributed by atoms with Gasteiger partial charge in [-0.1, -0.05) is 12.1 Å². The Morgan fingerprint density at radius 2 is 1.94 bits per heavy atom. The van der Waals surface area contributed by atoms with Crippen LogP contribution in [0.3, 0.4) is 0 Å². The van der Waals surface area contributed by atoms with Crippen LogP contribution in [0, 0.1) is 0 Å². The molecule has 1 atom stereocenters. The maximum Gasteiger partial charge on any atom is 0.115 e. The summed E-state index contributed by atoms with van der Waals surface area (Å²) >= 11 is 0. The molecule has 0 amide bonds. The second-order valence-corrected chi connectivity index (χ2v) is 4.27. The largest absolute Gasteiger partial charge is 0.508 e. The third-order valence-corrected chi connectivity index (χ3v) is 3.18. The summed E-state index contributed by atoms with van der Waals surface area (Å²) in [6.07, 6.45) is 1.10. The highest BCUT2D eigenvalue weighted by Gasteiger charge is 2.17. The van der Waals surface area contributed by atoms with Crippen molar-refractivity contribution < 1.29 is 9.84 Å². The molecule has 1 aromatic carbocycles. The van der Waals surface area contributed by atoms with E-state index in [0.29, 0.717) is 11.8 Å². The van der Waals surface area contributed by atoms with E-state index >= 15 is 0 Å². The highest BCUT2D eigenvalue weighted by atomic mass is 16.5. The van der Waals surface area contributed by atoms with Gasteiger partial charge in [-0.25, -0.2) is 0 Å². The number of ether oxygens (including phenoxy) is 1. The minimum absolute atomic E-state index is 0.329. The zero-order valence-corrected chi connectivity index (χ0v) is 9.72. The molecule has 3 nitrogen and oxygen atoms in total. The quantitative estimate of drug-likeness (QED) is 0.830. The minimum Gasteiger partial charge on any atom is -0.508 e. The van der Waals surface area contributed by atoms with Crippen LogP contribution in [0.1, 0.15) is 24.9 Å². The molecule has 1 saturated heterocycles. The molecule has 1 unspecified atom stereocenters. The number of benzene rings is 1. The van der Waals surface area contributed by atoms with Gasteiger partial charge in [0.1, 0.15) is 5.75 Å². The van der Waals surface area contributed by atoms with E-state index in [9.17, 15) is 5.11 Å². The van der Waals surface area contributed by atoms with Crippen LogP contribution in [-0.4, -0.2) is 36.3 Å². The maximum absolute atomic E-state index is 9.26. The van der Waals surface area contributed by atoms with Crippen molar-refractivity contribution >= 4 is 0 Å². The molecule has 1 aromatic rings. The van der Waals surface area contributed by atoms with E-state index in [0.717, 1.165) is 32.7 Å². The second-order valence-electron chi connectivity index (χ2n) is 4.27. The number of rotatable bonds is 2. The van der Waals surface area contributed by atoms with E-state index in [-0.39, 0.29) is 0 Å². The van der Waals surface area contributed by atoms with Gasteiger partial charge in [-0.05, 0) is 31.0 Å². The summed E-state index contributed by atoms with van der Waals surface area (Å²) < 4.78 is 5.45. The highest BCUT2D eigenvalue weighted by Crippen LogP contribution is 2.22. The van der Waals surface area contributed by atoms with Gasteiger partial charge in [-0.2, -0.15) is 0 Å². The first-order valence-electron chi connectivity index (χ1n) is 5.88. The van der Waals surface area contributed by atoms with E-state index in [1.165, 1.54) is 5.56 Å². The van der Waals surface area contributed by atoms with Crippen molar-refractivity contribution in [1.82, 2.24) is 4.90 Å². The molecule has 3 heteroatoms. The highest BCUT2D eigenvalue weighted by molar-refractivity contribution is 5.27. The number of phenolic OH excluding ortho intramolecular Hbond substituents is 1. The summed E-state index contributed by atoms with van der Waals surface area (Å²) in [4.78, 5) is 2.43. The van der Waals surface area contributed by atoms with Crippen molar-refractivity contribution in [3.63, 3.8) is 0 Å². The van der Waals surface area contributed by atoms with Crippen molar-refractivity contribution in [2.24, 2.45) is 0 Å². The Balaban J connectivity index is 2.04. The van der Waals surface area contributed by atoms with E-state index < -0.39 is 0 Å². The molecule has 1 aliphatic heterocycles. The van der Waals surface area contributed by atoms with Crippen molar-refractivity contribution in [3.05, 3.63) is 29.8 Å². The lowest BCUT2D eigenvalue weighted by Gasteiger charge is -2.27. The number of aromatic hydroxyl groups is 1. The Hall–Kier alpha value is -1.06. The van der Waals surface area contributed by atoms with Gasteiger partial charge in [0.15, 0.2) is 0 Å². The van der Waals surface area contributed by atoms with Crippen molar-refractivity contribution in [1.29, 1.82) is 0 Å². The molecule has 0 saturated carbocycles. The number of hydrogen-bond donors (Lipinski definition) is 1. The molecule has 1 heterocycles. The van der Waals surface area contributed by atoms with Gasteiger partial charge >= 0.3 is 0 Å². The molecule has 1 aliphatic rings. The SMILES string of the molecule is CC(c1ccc(O)cc1)N1CCCOCC1. The van der Waals surface area contributed by atoms with Crippen LogP contribution in [0.15, 0.2) is 24.3 Å². The first-order valence-corrected chi connectivity index (χ1v) is 5.88. The fourth-order valence-electron chi connectivity index (χ4n) is 2.12. The molecule has 0 bridgehead atoms. The normalized spacial score (nSPS) is 20.3. The van der Waals surface area contributed by atoms with E-state index in [1.807, 2.05) is 12.1 Å². The average molecular weight is 221 g/mol. The Labute approximate surface area is 96.6 Å². The topological polar surface area (TPSA) is 32.7 Å². The van der Waals surface area contributed by atoms with Crippen LogP contribution in [0.2, 0.25) is 0 Å². The molecule has 0 aromatic heterocycles. The smallest absolute Gasteiger partial charge is 0.115 e. The van der Waals surface area contributed by atoms with Crippen LogP contribution in [-0.2, 0) is 4.74 Å². The monoisotopic (exact) mass is 221 g/mol. The molecule has 2 rings (SSSR count). The average Bonchev–Trinajstić information content (AvgIpc) is 2.57. The van der Waals surface area contributed by atoms with Gasteiger partial charge in [0.25, 0.3) is 0 Å². The zero-order valence-electron chi connectivity index (χ0n) is 9.72. The predicted molar refractivity (Wildman–Crippen MR) is 63.5 cm³/mol. The lowest BCUT2D eigenvalue weighted by atomic mass is 10.1. The Bertz CT molecular complexity index is 315. The minimum atomic E-state index is 0.329. The number of phenols is 1. The van der Waals surface area contributed by atoms with Crippen molar-refractivity contribution in [2.75, 3.05) is 26.3 Å². The lowest BCUT2D eigenvalue weighted by Crippen LogP contribution is -2.29. The summed E-state index contributed by atoms with van der Waals surface area (Å²) in [5.74, 6) is 0.329. The van der Waals surface area contributed by atoms with Gasteiger partial charge in [-0.3, -0.25) is 4.90 Å². The maximum atomic E-state index is 9.26. The standard InChI is InChI=1S/C13H19NO2/c1-11(12-3-5-13(15)6-4-12)14-7-2-9-16-10-8-14/h3-6,11,15H,2,7-10H2,1H3. The number of hydrogen-bond acceptors (Lipinski definition) is 3. The Morgan fingerprint density at radius 3 is 2.69 bits per heavy atom. The van der Waals surface area contributed by atoms with E-state index in [2.05, 4.69) is 11.8 Å². The fourth-order valence-corrected chi connectivity index (χ4v) is 2.12. The van der Waals surface area contributed by atoms with E-state index in [4.69, 9.17) is 4.74 Å². The summed E-state index contributed by atoms with van der Waals surface area (Å²) in [6.45, 7) is 5.98. The van der Waals surface area contributed by atoms with Crippen molar-refractivity contribution in [2.45, 2.75) is 19.4 Å². The van der Waals surface area contributed by atoms with Crippen LogP contribution in [0.25, 0.3) is 0 Å². The van der Waals surface area contributed by atoms with Gasteiger partial charge in [0, 0.05) is 25.7 Å². The Morgan fingerprint density at radius 1 is 1.19 bits per heavy atom. The molecule has 1 fully saturated rings. The molecule has 0 radical (unpaired) electrons. The zero-order chi connectivity index (χ0) is 11.4. The van der Waals surface area contributed by atoms with E-state index in [1.54, 1.807) is 12.1 Å². The van der Waals surface area contributed by atoms with Gasteiger partial charge in [0.05, 0.1) is 6.61 Å². The first-order chi connectivity index (χ1) is 7.77. The molecular formula is C13H19NO2. The third-order valence-electron chi connectivity index (χ3n) is 3.18. The summed E-state index contributed by atoms with van der Waals surface area (Å²) in [5, 5.41) is 9.26. The molecular weight excluding hydrogens is 202 g/mol. The second kappa shape index (κ2) is 5.32. The molecule has 88 valence electrons. The van der Waals surface area contributed by atoms with Crippen LogP contribution < -0.4 is 0 Å². The number of nitrogens with zero attached hydrogens (tertiary/aromatic N) is 1. The third kappa shape index (κ3) is 2.74. The molecule has 16 heavy (non-hydrogen) atoms. The molecule has 0 aliphatic carbocycles. The fraction of sp³-hybridized carbons (Fsp3) is 0.538. The van der Waals surface area contributed by atoms with Crippen LogP contribution in [0.5, 0.6) is 5.75 Å². The first kappa shape index (κ1) is 11.4. The summed E-state index contributed by atoms with van der Waals surface area (Å²) in [6, 6.07) is 7.87. The summed E-state index contributed by atoms with van der Waals surface area (Å²) in [5.41, 5.74) is 1.25. The van der Waals surface area contributed by atoms with Crippen LogP contribution >= 0.6 is 0 Å². The van der Waals surface area contributed by atoms with Gasteiger partial charge in [-0.15, -0.1) is 0 Å². The summed E-state index contributed by atoms with van der Waals surface area (Å²) in [7, 11) is 0.